The molecule has 0 bridgehead atoms. The maximum Gasteiger partial charge on any atom is 0.151 e. The van der Waals surface area contributed by atoms with Crippen LogP contribution in [-0.2, 0) is 6.54 Å². The van der Waals surface area contributed by atoms with Gasteiger partial charge in [0.05, 0.1) is 11.8 Å². The molecule has 1 heterocycles. The number of nitrogens with zero attached hydrogens (tertiary/aromatic N) is 4. The van der Waals surface area contributed by atoms with Gasteiger partial charge < -0.3 is 0 Å². The van der Waals surface area contributed by atoms with Gasteiger partial charge in [-0.1, -0.05) is 11.6 Å². The average molecular weight is 237 g/mol. The number of aromatic nitrogens is 2. The number of halogens is 1. The zero-order chi connectivity index (χ0) is 11.4. The summed E-state index contributed by atoms with van der Waals surface area (Å²) in [4.78, 5) is 2.29. The van der Waals surface area contributed by atoms with Crippen LogP contribution in [0.4, 0.5) is 0 Å². The minimum absolute atomic E-state index is 0.416. The van der Waals surface area contributed by atoms with Gasteiger partial charge >= 0.3 is 0 Å². The van der Waals surface area contributed by atoms with Crippen molar-refractivity contribution in [1.29, 1.82) is 5.26 Å². The van der Waals surface area contributed by atoms with Gasteiger partial charge in [0.15, 0.2) is 5.15 Å². The van der Waals surface area contributed by atoms with E-state index in [0.717, 1.165) is 18.8 Å². The van der Waals surface area contributed by atoms with Crippen molar-refractivity contribution in [3.63, 3.8) is 0 Å². The Bertz CT molecular complexity index is 380. The summed E-state index contributed by atoms with van der Waals surface area (Å²) in [6, 6.07) is 6.44. The highest BCUT2D eigenvalue weighted by Crippen LogP contribution is 2.28. The van der Waals surface area contributed by atoms with E-state index in [-0.39, 0.29) is 0 Å². The molecule has 2 rings (SSSR count). The molecule has 4 nitrogen and oxygen atoms in total. The Morgan fingerprint density at radius 1 is 1.44 bits per heavy atom. The SMILES string of the molecule is N#CCCN(Cc1ccc(Cl)nn1)C1CC1. The Labute approximate surface area is 99.8 Å². The van der Waals surface area contributed by atoms with Crippen LogP contribution < -0.4 is 0 Å². The number of nitriles is 1. The Balaban J connectivity index is 1.94. The van der Waals surface area contributed by atoms with Crippen molar-refractivity contribution >= 4 is 11.6 Å². The van der Waals surface area contributed by atoms with E-state index in [0.29, 0.717) is 17.6 Å². The minimum atomic E-state index is 0.416. The molecule has 0 radical (unpaired) electrons. The van der Waals surface area contributed by atoms with Crippen LogP contribution in [0.5, 0.6) is 0 Å². The van der Waals surface area contributed by atoms with Gasteiger partial charge in [-0.15, -0.1) is 5.10 Å². The van der Waals surface area contributed by atoms with Crippen LogP contribution in [0, 0.1) is 11.3 Å². The molecule has 5 heteroatoms. The summed E-state index contributed by atoms with van der Waals surface area (Å²) in [5, 5.41) is 16.9. The van der Waals surface area contributed by atoms with Crippen LogP contribution in [-0.4, -0.2) is 27.7 Å². The van der Waals surface area contributed by atoms with Crippen LogP contribution in [0.1, 0.15) is 25.0 Å². The summed E-state index contributed by atoms with van der Waals surface area (Å²) in [5.41, 5.74) is 0.911. The van der Waals surface area contributed by atoms with E-state index in [4.69, 9.17) is 16.9 Å². The third-order valence-corrected chi connectivity index (χ3v) is 2.83. The first kappa shape index (κ1) is 11.3. The predicted molar refractivity (Wildman–Crippen MR) is 60.7 cm³/mol. The summed E-state index contributed by atoms with van der Waals surface area (Å²) in [7, 11) is 0. The number of rotatable bonds is 5. The molecule has 16 heavy (non-hydrogen) atoms. The molecule has 84 valence electrons. The number of hydrogen-bond acceptors (Lipinski definition) is 4. The van der Waals surface area contributed by atoms with E-state index in [2.05, 4.69) is 21.2 Å². The fraction of sp³-hybridized carbons (Fsp3) is 0.545. The lowest BCUT2D eigenvalue weighted by Gasteiger charge is -2.19. The molecule has 0 saturated heterocycles. The van der Waals surface area contributed by atoms with E-state index in [1.54, 1.807) is 6.07 Å². The minimum Gasteiger partial charge on any atom is -0.293 e. The zero-order valence-corrected chi connectivity index (χ0v) is 9.69. The maximum absolute atomic E-state index is 8.60. The molecular formula is C11H13ClN4. The molecule has 1 aliphatic rings. The van der Waals surface area contributed by atoms with Gasteiger partial charge in [-0.05, 0) is 25.0 Å². The van der Waals surface area contributed by atoms with E-state index in [1.165, 1.54) is 12.8 Å². The van der Waals surface area contributed by atoms with Crippen molar-refractivity contribution in [3.05, 3.63) is 23.0 Å². The molecule has 0 amide bonds. The third-order valence-electron chi connectivity index (χ3n) is 2.63. The van der Waals surface area contributed by atoms with Gasteiger partial charge in [-0.3, -0.25) is 4.90 Å². The molecule has 0 spiro atoms. The lowest BCUT2D eigenvalue weighted by atomic mass is 10.3. The van der Waals surface area contributed by atoms with E-state index in [1.807, 2.05) is 6.07 Å². The fourth-order valence-electron chi connectivity index (χ4n) is 1.66. The summed E-state index contributed by atoms with van der Waals surface area (Å²) in [6.45, 7) is 1.57. The normalized spacial score (nSPS) is 15.1. The Morgan fingerprint density at radius 3 is 2.81 bits per heavy atom. The van der Waals surface area contributed by atoms with Crippen LogP contribution in [0.25, 0.3) is 0 Å². The molecule has 0 unspecified atom stereocenters. The topological polar surface area (TPSA) is 52.8 Å². The second kappa shape index (κ2) is 5.24. The largest absolute Gasteiger partial charge is 0.293 e. The second-order valence-electron chi connectivity index (χ2n) is 3.96. The van der Waals surface area contributed by atoms with Crippen molar-refractivity contribution in [1.82, 2.24) is 15.1 Å². The molecule has 1 aliphatic carbocycles. The van der Waals surface area contributed by atoms with Crippen LogP contribution >= 0.6 is 11.6 Å². The first-order chi connectivity index (χ1) is 7.79. The monoisotopic (exact) mass is 236 g/mol. The quantitative estimate of drug-likeness (QED) is 0.785. The van der Waals surface area contributed by atoms with Crippen molar-refractivity contribution < 1.29 is 0 Å². The molecule has 1 saturated carbocycles. The fourth-order valence-corrected chi connectivity index (χ4v) is 1.76. The Kier molecular flexibility index (Phi) is 3.70. The second-order valence-corrected chi connectivity index (χ2v) is 4.34. The highest BCUT2D eigenvalue weighted by atomic mass is 35.5. The smallest absolute Gasteiger partial charge is 0.151 e. The molecule has 0 aliphatic heterocycles. The summed E-state index contributed by atoms with van der Waals surface area (Å²) in [6.07, 6.45) is 3.02. The predicted octanol–water partition coefficient (Wildman–Crippen LogP) is 2.01. The summed E-state index contributed by atoms with van der Waals surface area (Å²) < 4.78 is 0. The highest BCUT2D eigenvalue weighted by Gasteiger charge is 2.28. The van der Waals surface area contributed by atoms with Gasteiger partial charge in [0.2, 0.25) is 0 Å². The van der Waals surface area contributed by atoms with Crippen molar-refractivity contribution in [3.8, 4) is 6.07 Å². The molecule has 1 fully saturated rings. The highest BCUT2D eigenvalue weighted by molar-refractivity contribution is 6.29. The lowest BCUT2D eigenvalue weighted by Crippen LogP contribution is -2.27. The van der Waals surface area contributed by atoms with E-state index < -0.39 is 0 Å². The summed E-state index contributed by atoms with van der Waals surface area (Å²) >= 11 is 5.68. The Hall–Kier alpha value is -1.18. The van der Waals surface area contributed by atoms with Crippen molar-refractivity contribution in [2.75, 3.05) is 6.54 Å². The van der Waals surface area contributed by atoms with Crippen molar-refractivity contribution in [2.45, 2.75) is 31.8 Å². The third kappa shape index (κ3) is 3.16. The average Bonchev–Trinajstić information content (AvgIpc) is 3.11. The first-order valence-corrected chi connectivity index (χ1v) is 5.76. The molecule has 0 atom stereocenters. The molecule has 0 aromatic carbocycles. The van der Waals surface area contributed by atoms with E-state index >= 15 is 0 Å². The van der Waals surface area contributed by atoms with Gasteiger partial charge in [0.25, 0.3) is 0 Å². The van der Waals surface area contributed by atoms with Crippen LogP contribution in [0.2, 0.25) is 5.15 Å². The Morgan fingerprint density at radius 2 is 2.25 bits per heavy atom. The van der Waals surface area contributed by atoms with Crippen LogP contribution in [0.3, 0.4) is 0 Å². The first-order valence-electron chi connectivity index (χ1n) is 5.38. The molecule has 0 N–H and O–H groups in total. The molecule has 1 aromatic heterocycles. The van der Waals surface area contributed by atoms with Crippen LogP contribution in [0.15, 0.2) is 12.1 Å². The van der Waals surface area contributed by atoms with Gasteiger partial charge in [-0.25, -0.2) is 0 Å². The lowest BCUT2D eigenvalue weighted by molar-refractivity contribution is 0.257. The van der Waals surface area contributed by atoms with Crippen molar-refractivity contribution in [2.24, 2.45) is 0 Å². The van der Waals surface area contributed by atoms with E-state index in [9.17, 15) is 0 Å². The molecule has 1 aromatic rings. The van der Waals surface area contributed by atoms with Gasteiger partial charge in [-0.2, -0.15) is 10.4 Å². The summed E-state index contributed by atoms with van der Waals surface area (Å²) in [5.74, 6) is 0. The van der Waals surface area contributed by atoms with Gasteiger partial charge in [0.1, 0.15) is 0 Å². The van der Waals surface area contributed by atoms with Gasteiger partial charge in [0, 0.05) is 25.6 Å². The number of hydrogen-bond donors (Lipinski definition) is 0. The molecular weight excluding hydrogens is 224 g/mol. The maximum atomic E-state index is 8.60. The standard InChI is InChI=1S/C11H13ClN4/c12-11-5-2-9(14-15-11)8-16(7-1-6-13)10-3-4-10/h2,5,10H,1,3-4,7-8H2. The zero-order valence-electron chi connectivity index (χ0n) is 8.93.